The molecule has 232 valence electrons. The number of allylic oxidation sites excluding steroid dienone is 2. The van der Waals surface area contributed by atoms with Crippen molar-refractivity contribution in [1.29, 1.82) is 0 Å². The lowest BCUT2D eigenvalue weighted by atomic mass is 10.1. The van der Waals surface area contributed by atoms with E-state index >= 15 is 0 Å². The Hall–Kier alpha value is -3.67. The molecule has 4 rings (SSSR count). The van der Waals surface area contributed by atoms with Crippen LogP contribution >= 0.6 is 7.75 Å². The fourth-order valence-corrected chi connectivity index (χ4v) is 6.00. The molecule has 0 spiro atoms. The third-order valence-corrected chi connectivity index (χ3v) is 8.52. The maximum Gasteiger partial charge on any atom is 0.444 e. The van der Waals surface area contributed by atoms with Gasteiger partial charge in [0.05, 0.1) is 18.2 Å². The van der Waals surface area contributed by atoms with Crippen LogP contribution in [-0.2, 0) is 39.1 Å². The van der Waals surface area contributed by atoms with E-state index in [0.29, 0.717) is 41.7 Å². The van der Waals surface area contributed by atoms with Crippen LogP contribution in [0.4, 0.5) is 0 Å². The van der Waals surface area contributed by atoms with Crippen LogP contribution in [0.15, 0.2) is 72.5 Å². The predicted molar refractivity (Wildman–Crippen MR) is 162 cm³/mol. The second kappa shape index (κ2) is 14.7. The van der Waals surface area contributed by atoms with Crippen molar-refractivity contribution in [1.82, 2.24) is 19.0 Å². The number of ether oxygens (including phenoxy) is 3. The minimum absolute atomic E-state index is 0.214. The van der Waals surface area contributed by atoms with E-state index < -0.39 is 27.3 Å². The van der Waals surface area contributed by atoms with Crippen molar-refractivity contribution < 1.29 is 37.4 Å². The molecule has 2 aromatic rings. The number of benzene rings is 1. The van der Waals surface area contributed by atoms with Crippen molar-refractivity contribution in [2.45, 2.75) is 19.3 Å². The minimum atomic E-state index is -4.21. The molecule has 0 saturated heterocycles. The SMILES string of the molecule is COc1ccc2c(c1)c(CCN(C)C)cn2P(=O)(OCOCC(=O)C1=CN(C)C=CC1)OCOC(=O)C1=CN(C)C=CC1. The van der Waals surface area contributed by atoms with Crippen LogP contribution in [0.1, 0.15) is 18.4 Å². The number of likely N-dealkylation sites (N-methyl/N-ethyl adjacent to an activating group) is 1. The van der Waals surface area contributed by atoms with Crippen molar-refractivity contribution in [3.8, 4) is 5.75 Å². The molecule has 0 fully saturated rings. The van der Waals surface area contributed by atoms with Gasteiger partial charge in [0.15, 0.2) is 12.6 Å². The van der Waals surface area contributed by atoms with Crippen LogP contribution < -0.4 is 4.74 Å². The third kappa shape index (κ3) is 8.46. The van der Waals surface area contributed by atoms with E-state index in [1.807, 2.05) is 56.7 Å². The zero-order valence-corrected chi connectivity index (χ0v) is 26.1. The van der Waals surface area contributed by atoms with Gasteiger partial charge in [0, 0.05) is 56.6 Å². The lowest BCUT2D eigenvalue weighted by Crippen LogP contribution is -2.18. The number of nitrogens with zero attached hydrogens (tertiary/aromatic N) is 4. The number of aromatic nitrogens is 1. The lowest BCUT2D eigenvalue weighted by Gasteiger charge is -2.21. The number of ketones is 1. The molecule has 0 amide bonds. The third-order valence-electron chi connectivity index (χ3n) is 6.80. The summed E-state index contributed by atoms with van der Waals surface area (Å²) >= 11 is 0. The van der Waals surface area contributed by atoms with Crippen molar-refractivity contribution >= 4 is 30.4 Å². The molecular weight excluding hydrogens is 575 g/mol. The number of Topliss-reactive ketones (excluding diaryl/α,β-unsaturated/α-hetero) is 1. The molecule has 1 aromatic carbocycles. The van der Waals surface area contributed by atoms with Crippen molar-refractivity contribution in [3.05, 3.63) is 78.1 Å². The normalized spacial score (nSPS) is 16.3. The summed E-state index contributed by atoms with van der Waals surface area (Å²) in [6, 6.07) is 5.37. The Morgan fingerprint density at radius 3 is 2.33 bits per heavy atom. The van der Waals surface area contributed by atoms with Crippen LogP contribution in [0.2, 0.25) is 0 Å². The van der Waals surface area contributed by atoms with Crippen molar-refractivity contribution in [2.24, 2.45) is 0 Å². The molecule has 0 N–H and O–H groups in total. The Morgan fingerprint density at radius 1 is 0.977 bits per heavy atom. The summed E-state index contributed by atoms with van der Waals surface area (Å²) in [7, 11) is 4.94. The molecule has 13 heteroatoms. The average molecular weight is 615 g/mol. The van der Waals surface area contributed by atoms with E-state index in [1.54, 1.807) is 54.7 Å². The second-order valence-corrected chi connectivity index (χ2v) is 12.3. The van der Waals surface area contributed by atoms with Crippen LogP contribution in [0.5, 0.6) is 5.75 Å². The number of esters is 1. The summed E-state index contributed by atoms with van der Waals surface area (Å²) in [5.74, 6) is -0.173. The number of hydrogen-bond donors (Lipinski definition) is 0. The van der Waals surface area contributed by atoms with E-state index in [2.05, 4.69) is 0 Å². The summed E-state index contributed by atoms with van der Waals surface area (Å²) in [5.41, 5.74) is 2.48. The largest absolute Gasteiger partial charge is 0.497 e. The van der Waals surface area contributed by atoms with Gasteiger partial charge in [-0.15, -0.1) is 0 Å². The molecule has 43 heavy (non-hydrogen) atoms. The van der Waals surface area contributed by atoms with E-state index in [4.69, 9.17) is 23.3 Å². The molecule has 0 bridgehead atoms. The highest BCUT2D eigenvalue weighted by Crippen LogP contribution is 2.52. The molecule has 2 aliphatic rings. The molecule has 1 aromatic heterocycles. The first kappa shape index (κ1) is 32.2. The van der Waals surface area contributed by atoms with Crippen LogP contribution in [-0.4, -0.2) is 92.8 Å². The Balaban J connectivity index is 1.54. The fraction of sp³-hybridized carbons (Fsp3) is 0.400. The maximum absolute atomic E-state index is 14.4. The van der Waals surface area contributed by atoms with E-state index in [-0.39, 0.29) is 12.4 Å². The summed E-state index contributed by atoms with van der Waals surface area (Å²) in [6.45, 7) is -0.660. The molecule has 1 unspecified atom stereocenters. The van der Waals surface area contributed by atoms with Gasteiger partial charge in [-0.1, -0.05) is 12.2 Å². The van der Waals surface area contributed by atoms with E-state index in [9.17, 15) is 14.2 Å². The van der Waals surface area contributed by atoms with Gasteiger partial charge in [0.1, 0.15) is 12.4 Å². The highest BCUT2D eigenvalue weighted by Gasteiger charge is 2.32. The second-order valence-electron chi connectivity index (χ2n) is 10.4. The number of fused-ring (bicyclic) bond motifs is 1. The van der Waals surface area contributed by atoms with Gasteiger partial charge in [0.2, 0.25) is 6.79 Å². The molecule has 0 saturated carbocycles. The first-order chi connectivity index (χ1) is 20.6. The highest BCUT2D eigenvalue weighted by atomic mass is 31.2. The molecule has 0 aliphatic carbocycles. The van der Waals surface area contributed by atoms with Crippen LogP contribution in [0, 0.1) is 0 Å². The zero-order valence-electron chi connectivity index (χ0n) is 25.2. The van der Waals surface area contributed by atoms with Crippen molar-refractivity contribution in [3.63, 3.8) is 0 Å². The molecule has 2 aliphatic heterocycles. The average Bonchev–Trinajstić information content (AvgIpc) is 3.36. The standard InChI is InChI=1S/C30H39N4O8P/c1-31(2)15-12-23-19-34(28-11-10-26(38-5)16-27(23)28)43(37,42-22-40-30(36)25-9-7-14-33(4)18-25)41-21-39-20-29(35)24-8-6-13-32(3)17-24/h6-7,10-11,13-14,16-19H,8-9,12,15,20-22H2,1-5H3. The first-order valence-electron chi connectivity index (χ1n) is 13.8. The number of hydrogen-bond acceptors (Lipinski definition) is 11. The number of carbonyl (C=O) groups excluding carboxylic acids is 2. The lowest BCUT2D eigenvalue weighted by molar-refractivity contribution is -0.146. The topological polar surface area (TPSA) is 112 Å². The molecule has 1 atom stereocenters. The van der Waals surface area contributed by atoms with Gasteiger partial charge < -0.3 is 28.9 Å². The highest BCUT2D eigenvalue weighted by molar-refractivity contribution is 7.52. The summed E-state index contributed by atoms with van der Waals surface area (Å²) < 4.78 is 43.5. The summed E-state index contributed by atoms with van der Waals surface area (Å²) in [5, 5.41) is 0.810. The number of rotatable bonds is 15. The quantitative estimate of drug-likeness (QED) is 0.124. The smallest absolute Gasteiger partial charge is 0.444 e. The van der Waals surface area contributed by atoms with E-state index in [1.165, 1.54) is 4.34 Å². The number of carbonyl (C=O) groups is 2. The minimum Gasteiger partial charge on any atom is -0.497 e. The zero-order chi connectivity index (χ0) is 31.0. The Kier molecular flexibility index (Phi) is 11.0. The van der Waals surface area contributed by atoms with E-state index in [0.717, 1.165) is 17.5 Å². The summed E-state index contributed by atoms with van der Waals surface area (Å²) in [4.78, 5) is 30.8. The summed E-state index contributed by atoms with van der Waals surface area (Å²) in [6.07, 6.45) is 14.1. The molecular formula is C30H39N4O8P. The van der Waals surface area contributed by atoms with Crippen molar-refractivity contribution in [2.75, 3.05) is 62.0 Å². The van der Waals surface area contributed by atoms with Gasteiger partial charge in [0.25, 0.3) is 0 Å². The molecule has 12 nitrogen and oxygen atoms in total. The monoisotopic (exact) mass is 614 g/mol. The Bertz CT molecular complexity index is 1490. The van der Waals surface area contributed by atoms with Gasteiger partial charge in [-0.25, -0.2) is 9.36 Å². The van der Waals surface area contributed by atoms with Gasteiger partial charge in [-0.3, -0.25) is 18.2 Å². The molecule has 3 heterocycles. The molecule has 0 radical (unpaired) electrons. The van der Waals surface area contributed by atoms with Gasteiger partial charge in [-0.05, 0) is 63.1 Å². The Labute approximate surface area is 251 Å². The predicted octanol–water partition coefficient (Wildman–Crippen LogP) is 4.25. The van der Waals surface area contributed by atoms with Crippen LogP contribution in [0.3, 0.4) is 0 Å². The maximum atomic E-state index is 14.4. The fourth-order valence-electron chi connectivity index (χ4n) is 4.56. The first-order valence-corrected chi connectivity index (χ1v) is 15.3. The number of methoxy groups -OCH3 is 1. The van der Waals surface area contributed by atoms with Gasteiger partial charge >= 0.3 is 13.7 Å². The van der Waals surface area contributed by atoms with Gasteiger partial charge in [-0.2, -0.15) is 0 Å². The Morgan fingerprint density at radius 2 is 1.65 bits per heavy atom. The van der Waals surface area contributed by atoms with Crippen LogP contribution in [0.25, 0.3) is 10.9 Å².